The van der Waals surface area contributed by atoms with Gasteiger partial charge in [-0.2, -0.15) is 5.10 Å². The van der Waals surface area contributed by atoms with E-state index in [9.17, 15) is 12.8 Å². The Bertz CT molecular complexity index is 1680. The summed E-state index contributed by atoms with van der Waals surface area (Å²) in [6, 6.07) is 7.30. The Hall–Kier alpha value is -3.44. The molecule has 0 unspecified atom stereocenters. The molecule has 40 heavy (non-hydrogen) atoms. The Morgan fingerprint density at radius 3 is 2.33 bits per heavy atom. The van der Waals surface area contributed by atoms with Crippen molar-refractivity contribution >= 4 is 26.6 Å². The average molecular weight is 572 g/mol. The molecule has 0 spiro atoms. The van der Waals surface area contributed by atoms with E-state index in [-0.39, 0.29) is 46.2 Å². The number of rotatable bonds is 7. The topological polar surface area (TPSA) is 117 Å². The zero-order valence-electron chi connectivity index (χ0n) is 22.4. The standard InChI is InChI=1S/C29H32F3N5O2S/c1-16(2)37-28-22(17-7-9-20(33)10-8-17)13-35-29(34)26(28)27(36-37)21-12-24(31)19(11-25(21)32)15-40(38,39)14-18-5-3-4-6-23(18)30/h3-6,11-13,16-17,20H,7-10,14-15,33H2,1-2H3,(H2,34,35). The second-order valence-electron chi connectivity index (χ2n) is 10.9. The number of nitrogen functional groups attached to an aromatic ring is 1. The molecule has 0 bridgehead atoms. The van der Waals surface area contributed by atoms with Gasteiger partial charge in [-0.1, -0.05) is 18.2 Å². The van der Waals surface area contributed by atoms with E-state index in [0.717, 1.165) is 55.0 Å². The first-order valence-electron chi connectivity index (χ1n) is 13.3. The smallest absolute Gasteiger partial charge is 0.158 e. The maximum Gasteiger partial charge on any atom is 0.158 e. The van der Waals surface area contributed by atoms with Gasteiger partial charge in [-0.15, -0.1) is 0 Å². The Morgan fingerprint density at radius 2 is 1.65 bits per heavy atom. The minimum absolute atomic E-state index is 0.0376. The first-order valence-corrected chi connectivity index (χ1v) is 15.1. The van der Waals surface area contributed by atoms with Gasteiger partial charge < -0.3 is 11.5 Å². The number of nitrogens with two attached hydrogens (primary N) is 2. The number of sulfone groups is 1. The van der Waals surface area contributed by atoms with Gasteiger partial charge in [0.25, 0.3) is 0 Å². The predicted molar refractivity (Wildman–Crippen MR) is 150 cm³/mol. The summed E-state index contributed by atoms with van der Waals surface area (Å²) in [6.07, 6.45) is 5.24. The summed E-state index contributed by atoms with van der Waals surface area (Å²) < 4.78 is 72.2. The van der Waals surface area contributed by atoms with Crippen molar-refractivity contribution in [3.63, 3.8) is 0 Å². The average Bonchev–Trinajstić information content (AvgIpc) is 3.30. The van der Waals surface area contributed by atoms with E-state index >= 15 is 8.78 Å². The molecular weight excluding hydrogens is 539 g/mol. The maximum atomic E-state index is 15.6. The molecule has 2 aromatic carbocycles. The van der Waals surface area contributed by atoms with Crippen LogP contribution in [0.3, 0.4) is 0 Å². The van der Waals surface area contributed by atoms with Crippen molar-refractivity contribution in [2.24, 2.45) is 5.73 Å². The molecule has 1 fully saturated rings. The summed E-state index contributed by atoms with van der Waals surface area (Å²) in [4.78, 5) is 4.39. The van der Waals surface area contributed by atoms with Crippen LogP contribution in [0.15, 0.2) is 42.6 Å². The highest BCUT2D eigenvalue weighted by Gasteiger charge is 2.29. The zero-order chi connectivity index (χ0) is 28.8. The van der Waals surface area contributed by atoms with Crippen LogP contribution in [0.25, 0.3) is 22.2 Å². The number of anilines is 1. The van der Waals surface area contributed by atoms with Crippen molar-refractivity contribution in [3.8, 4) is 11.3 Å². The van der Waals surface area contributed by atoms with Crippen LogP contribution in [0.1, 0.15) is 68.2 Å². The van der Waals surface area contributed by atoms with E-state index in [1.165, 1.54) is 18.2 Å². The van der Waals surface area contributed by atoms with Gasteiger partial charge in [0.15, 0.2) is 9.84 Å². The van der Waals surface area contributed by atoms with Crippen molar-refractivity contribution in [2.45, 2.75) is 69.0 Å². The second-order valence-corrected chi connectivity index (χ2v) is 12.9. The fourth-order valence-corrected chi connectivity index (χ4v) is 7.04. The molecule has 4 N–H and O–H groups in total. The van der Waals surface area contributed by atoms with Crippen LogP contribution in [0, 0.1) is 17.5 Å². The van der Waals surface area contributed by atoms with Crippen LogP contribution < -0.4 is 11.5 Å². The van der Waals surface area contributed by atoms with Gasteiger partial charge in [-0.05, 0) is 69.2 Å². The molecule has 5 rings (SSSR count). The van der Waals surface area contributed by atoms with Crippen LogP contribution in [-0.4, -0.2) is 29.2 Å². The number of halogens is 3. The Balaban J connectivity index is 1.56. The van der Waals surface area contributed by atoms with Gasteiger partial charge >= 0.3 is 0 Å². The first-order chi connectivity index (χ1) is 18.9. The number of fused-ring (bicyclic) bond motifs is 1. The van der Waals surface area contributed by atoms with Crippen LogP contribution >= 0.6 is 0 Å². The fourth-order valence-electron chi connectivity index (χ4n) is 5.53. The van der Waals surface area contributed by atoms with E-state index in [4.69, 9.17) is 11.5 Å². The van der Waals surface area contributed by atoms with E-state index in [1.807, 2.05) is 13.8 Å². The van der Waals surface area contributed by atoms with Crippen molar-refractivity contribution < 1.29 is 21.6 Å². The van der Waals surface area contributed by atoms with Gasteiger partial charge in [0.05, 0.1) is 22.4 Å². The summed E-state index contributed by atoms with van der Waals surface area (Å²) in [7, 11) is -4.00. The number of pyridine rings is 1. The van der Waals surface area contributed by atoms with Crippen LogP contribution in [0.2, 0.25) is 0 Å². The Labute approximate surface area is 231 Å². The molecule has 0 saturated heterocycles. The summed E-state index contributed by atoms with van der Waals surface area (Å²) in [5, 5.41) is 5.10. The molecule has 1 aliphatic rings. The van der Waals surface area contributed by atoms with Crippen LogP contribution in [0.4, 0.5) is 19.0 Å². The number of hydrogen-bond acceptors (Lipinski definition) is 6. The second kappa shape index (κ2) is 10.9. The van der Waals surface area contributed by atoms with E-state index in [0.29, 0.717) is 5.39 Å². The number of aromatic nitrogens is 3. The predicted octanol–water partition coefficient (Wildman–Crippen LogP) is 5.78. The summed E-state index contributed by atoms with van der Waals surface area (Å²) in [6.45, 7) is 3.88. The quantitative estimate of drug-likeness (QED) is 0.291. The summed E-state index contributed by atoms with van der Waals surface area (Å²) in [5.41, 5.74) is 13.7. The molecule has 7 nitrogen and oxygen atoms in total. The van der Waals surface area contributed by atoms with Gasteiger partial charge in [0.1, 0.15) is 29.0 Å². The Morgan fingerprint density at radius 1 is 0.975 bits per heavy atom. The van der Waals surface area contributed by atoms with Gasteiger partial charge in [0.2, 0.25) is 0 Å². The summed E-state index contributed by atoms with van der Waals surface area (Å²) in [5.74, 6) is -3.54. The third kappa shape index (κ3) is 5.44. The fraction of sp³-hybridized carbons (Fsp3) is 0.379. The lowest BCUT2D eigenvalue weighted by Crippen LogP contribution is -2.26. The third-order valence-corrected chi connectivity index (χ3v) is 9.09. The molecule has 0 atom stereocenters. The number of benzene rings is 2. The van der Waals surface area contributed by atoms with Gasteiger partial charge in [-0.3, -0.25) is 4.68 Å². The highest BCUT2D eigenvalue weighted by atomic mass is 32.2. The SMILES string of the molecule is CC(C)n1nc(-c2cc(F)c(CS(=O)(=O)Cc3ccccc3F)cc2F)c2c(N)ncc(C3CCC(N)CC3)c21. The van der Waals surface area contributed by atoms with Crippen molar-refractivity contribution in [1.29, 1.82) is 0 Å². The zero-order valence-corrected chi connectivity index (χ0v) is 23.2. The van der Waals surface area contributed by atoms with Gasteiger partial charge in [-0.25, -0.2) is 26.6 Å². The molecule has 0 radical (unpaired) electrons. The van der Waals surface area contributed by atoms with E-state index in [2.05, 4.69) is 10.1 Å². The van der Waals surface area contributed by atoms with Crippen molar-refractivity contribution in [1.82, 2.24) is 14.8 Å². The third-order valence-electron chi connectivity index (χ3n) is 7.58. The van der Waals surface area contributed by atoms with Crippen LogP contribution in [0.5, 0.6) is 0 Å². The molecule has 2 aromatic heterocycles. The molecule has 11 heteroatoms. The molecular formula is C29H32F3N5O2S. The van der Waals surface area contributed by atoms with E-state index in [1.54, 1.807) is 10.9 Å². The molecule has 212 valence electrons. The Kier molecular flexibility index (Phi) is 7.62. The summed E-state index contributed by atoms with van der Waals surface area (Å²) >= 11 is 0. The van der Waals surface area contributed by atoms with Crippen LogP contribution in [-0.2, 0) is 21.3 Å². The lowest BCUT2D eigenvalue weighted by molar-refractivity contribution is 0.395. The molecule has 2 heterocycles. The number of hydrogen-bond donors (Lipinski definition) is 2. The largest absolute Gasteiger partial charge is 0.383 e. The normalized spacial score (nSPS) is 18.1. The first kappa shape index (κ1) is 28.1. The molecule has 0 amide bonds. The minimum atomic E-state index is -4.00. The number of nitrogens with zero attached hydrogens (tertiary/aromatic N) is 3. The van der Waals surface area contributed by atoms with Crippen molar-refractivity contribution in [3.05, 3.63) is 76.7 Å². The lowest BCUT2D eigenvalue weighted by Gasteiger charge is -2.27. The molecule has 1 saturated carbocycles. The van der Waals surface area contributed by atoms with Gasteiger partial charge in [0, 0.05) is 35.0 Å². The van der Waals surface area contributed by atoms with Crippen molar-refractivity contribution in [2.75, 3.05) is 5.73 Å². The molecule has 0 aliphatic heterocycles. The minimum Gasteiger partial charge on any atom is -0.383 e. The lowest BCUT2D eigenvalue weighted by atomic mass is 9.82. The monoisotopic (exact) mass is 571 g/mol. The highest BCUT2D eigenvalue weighted by molar-refractivity contribution is 7.89. The maximum absolute atomic E-state index is 15.6. The molecule has 1 aliphatic carbocycles. The highest BCUT2D eigenvalue weighted by Crippen LogP contribution is 2.42. The van der Waals surface area contributed by atoms with E-state index < -0.39 is 38.8 Å². The molecule has 4 aromatic rings.